The van der Waals surface area contributed by atoms with E-state index in [-0.39, 0.29) is 11.8 Å². The van der Waals surface area contributed by atoms with Crippen LogP contribution in [0.2, 0.25) is 0 Å². The molecular weight excluding hydrogens is 260 g/mol. The third kappa shape index (κ3) is 2.21. The van der Waals surface area contributed by atoms with Gasteiger partial charge in [0.25, 0.3) is 0 Å². The van der Waals surface area contributed by atoms with Crippen LogP contribution in [0.1, 0.15) is 11.3 Å². The molecule has 0 spiro atoms. The summed E-state index contributed by atoms with van der Waals surface area (Å²) in [5.74, 6) is 0.257. The van der Waals surface area contributed by atoms with E-state index in [9.17, 15) is 4.79 Å². The number of rotatable bonds is 2. The Morgan fingerprint density at radius 2 is 1.86 bits per heavy atom. The van der Waals surface area contributed by atoms with Crippen molar-refractivity contribution in [2.45, 2.75) is 18.9 Å². The average Bonchev–Trinajstić information content (AvgIpc) is 2.90. The molecule has 1 aliphatic rings. The van der Waals surface area contributed by atoms with Crippen molar-refractivity contribution < 1.29 is 4.79 Å². The van der Waals surface area contributed by atoms with E-state index in [0.29, 0.717) is 12.8 Å². The minimum Gasteiger partial charge on any atom is -0.375 e. The van der Waals surface area contributed by atoms with Crippen molar-refractivity contribution in [2.24, 2.45) is 0 Å². The Bertz CT molecular complexity index is 786. The van der Waals surface area contributed by atoms with Gasteiger partial charge in [-0.05, 0) is 29.1 Å². The Morgan fingerprint density at radius 3 is 2.76 bits per heavy atom. The Hall–Kier alpha value is -2.55. The maximum Gasteiger partial charge on any atom is 0.159 e. The van der Waals surface area contributed by atoms with Crippen LogP contribution in [0, 0.1) is 0 Å². The molecule has 3 heteroatoms. The van der Waals surface area contributed by atoms with Gasteiger partial charge in [0.2, 0.25) is 0 Å². The largest absolute Gasteiger partial charge is 0.375 e. The van der Waals surface area contributed by atoms with E-state index >= 15 is 0 Å². The van der Waals surface area contributed by atoms with Gasteiger partial charge in [0, 0.05) is 29.7 Å². The number of hydrogen-bond donors (Lipinski definition) is 2. The molecule has 1 atom stereocenters. The van der Waals surface area contributed by atoms with Crippen LogP contribution in [0.25, 0.3) is 10.9 Å². The average molecular weight is 276 g/mol. The zero-order valence-electron chi connectivity index (χ0n) is 11.6. The van der Waals surface area contributed by atoms with Crippen LogP contribution in [0.15, 0.2) is 54.6 Å². The number of carbonyl (C=O) groups is 1. The van der Waals surface area contributed by atoms with Crippen molar-refractivity contribution >= 4 is 22.4 Å². The fourth-order valence-corrected chi connectivity index (χ4v) is 3.02. The topological polar surface area (TPSA) is 44.9 Å². The SMILES string of the molecule is O=C1Cc2ccccc2N[C@H]1Cc1cc2ccccc2[nH]1. The summed E-state index contributed by atoms with van der Waals surface area (Å²) in [5, 5.41) is 4.56. The molecular formula is C18H16N2O. The monoisotopic (exact) mass is 276 g/mol. The van der Waals surface area contributed by atoms with Crippen LogP contribution in [-0.4, -0.2) is 16.8 Å². The van der Waals surface area contributed by atoms with Gasteiger partial charge in [-0.15, -0.1) is 0 Å². The fourth-order valence-electron chi connectivity index (χ4n) is 3.02. The van der Waals surface area contributed by atoms with Crippen LogP contribution in [0.3, 0.4) is 0 Å². The van der Waals surface area contributed by atoms with Crippen LogP contribution < -0.4 is 5.32 Å². The molecule has 0 amide bonds. The zero-order valence-corrected chi connectivity index (χ0v) is 11.6. The summed E-state index contributed by atoms with van der Waals surface area (Å²) in [6.07, 6.45) is 1.22. The number of fused-ring (bicyclic) bond motifs is 2. The van der Waals surface area contributed by atoms with Crippen LogP contribution >= 0.6 is 0 Å². The zero-order chi connectivity index (χ0) is 14.2. The van der Waals surface area contributed by atoms with Crippen molar-refractivity contribution in [3.8, 4) is 0 Å². The van der Waals surface area contributed by atoms with Crippen LogP contribution in [0.5, 0.6) is 0 Å². The quantitative estimate of drug-likeness (QED) is 0.754. The lowest BCUT2D eigenvalue weighted by Crippen LogP contribution is -2.37. The van der Waals surface area contributed by atoms with E-state index in [4.69, 9.17) is 0 Å². The fraction of sp³-hybridized carbons (Fsp3) is 0.167. The highest BCUT2D eigenvalue weighted by Gasteiger charge is 2.25. The van der Waals surface area contributed by atoms with E-state index in [1.165, 1.54) is 5.39 Å². The highest BCUT2D eigenvalue weighted by atomic mass is 16.1. The van der Waals surface area contributed by atoms with Crippen molar-refractivity contribution in [1.29, 1.82) is 0 Å². The van der Waals surface area contributed by atoms with Crippen molar-refractivity contribution in [1.82, 2.24) is 4.98 Å². The first-order chi connectivity index (χ1) is 10.3. The number of carbonyl (C=O) groups excluding carboxylic acids is 1. The molecule has 0 saturated heterocycles. The molecule has 0 radical (unpaired) electrons. The van der Waals surface area contributed by atoms with E-state index in [1.807, 2.05) is 36.4 Å². The minimum absolute atomic E-state index is 0.145. The van der Waals surface area contributed by atoms with Crippen molar-refractivity contribution in [3.63, 3.8) is 0 Å². The van der Waals surface area contributed by atoms with Crippen molar-refractivity contribution in [2.75, 3.05) is 5.32 Å². The van der Waals surface area contributed by atoms with Gasteiger partial charge in [-0.3, -0.25) is 4.79 Å². The summed E-state index contributed by atoms with van der Waals surface area (Å²) < 4.78 is 0. The molecule has 104 valence electrons. The molecule has 0 unspecified atom stereocenters. The number of nitrogens with one attached hydrogen (secondary N) is 2. The molecule has 1 aliphatic heterocycles. The smallest absolute Gasteiger partial charge is 0.159 e. The number of hydrogen-bond acceptors (Lipinski definition) is 2. The van der Waals surface area contributed by atoms with Gasteiger partial charge in [0.05, 0.1) is 6.04 Å². The highest BCUT2D eigenvalue weighted by Crippen LogP contribution is 2.24. The van der Waals surface area contributed by atoms with Gasteiger partial charge >= 0.3 is 0 Å². The number of H-pyrrole nitrogens is 1. The second-order valence-corrected chi connectivity index (χ2v) is 5.58. The van der Waals surface area contributed by atoms with Crippen molar-refractivity contribution in [3.05, 3.63) is 65.9 Å². The lowest BCUT2D eigenvalue weighted by Gasteiger charge is -2.25. The van der Waals surface area contributed by atoms with Crippen LogP contribution in [-0.2, 0) is 17.6 Å². The maximum atomic E-state index is 12.3. The Kier molecular flexibility index (Phi) is 2.78. The lowest BCUT2D eigenvalue weighted by atomic mass is 9.94. The summed E-state index contributed by atoms with van der Waals surface area (Å²) in [5.41, 5.74) is 4.39. The number of para-hydroxylation sites is 2. The van der Waals surface area contributed by atoms with E-state index < -0.39 is 0 Å². The predicted octanol–water partition coefficient (Wildman–Crippen LogP) is 3.32. The third-order valence-electron chi connectivity index (χ3n) is 4.11. The first-order valence-corrected chi connectivity index (χ1v) is 7.23. The molecule has 0 aliphatic carbocycles. The van der Waals surface area contributed by atoms with Gasteiger partial charge in [-0.1, -0.05) is 36.4 Å². The van der Waals surface area contributed by atoms with E-state index in [1.54, 1.807) is 0 Å². The standard InChI is InChI=1S/C18H16N2O/c21-18-10-13-6-2-4-8-16(13)20-17(18)11-14-9-12-5-1-3-7-15(12)19-14/h1-9,17,19-20H,10-11H2/t17-/m0/s1. The summed E-state index contributed by atoms with van der Waals surface area (Å²) in [4.78, 5) is 15.7. The number of ketones is 1. The molecule has 2 heterocycles. The molecule has 3 aromatic rings. The van der Waals surface area contributed by atoms with E-state index in [0.717, 1.165) is 22.5 Å². The normalized spacial score (nSPS) is 17.5. The van der Waals surface area contributed by atoms with Gasteiger partial charge in [0.15, 0.2) is 5.78 Å². The number of aromatic nitrogens is 1. The number of benzene rings is 2. The molecule has 0 fully saturated rings. The molecule has 4 rings (SSSR count). The Balaban J connectivity index is 1.61. The molecule has 0 saturated carbocycles. The second kappa shape index (κ2) is 4.77. The first-order valence-electron chi connectivity index (χ1n) is 7.23. The number of Topliss-reactive ketones (excluding diaryl/α,β-unsaturated/α-hetero) is 1. The van der Waals surface area contributed by atoms with Crippen LogP contribution in [0.4, 0.5) is 5.69 Å². The Morgan fingerprint density at radius 1 is 1.05 bits per heavy atom. The maximum absolute atomic E-state index is 12.3. The lowest BCUT2D eigenvalue weighted by molar-refractivity contribution is -0.119. The van der Waals surface area contributed by atoms with Gasteiger partial charge in [0.1, 0.15) is 0 Å². The minimum atomic E-state index is -0.145. The van der Waals surface area contributed by atoms with E-state index in [2.05, 4.69) is 28.5 Å². The Labute approximate surface area is 123 Å². The molecule has 1 aromatic heterocycles. The summed E-state index contributed by atoms with van der Waals surface area (Å²) in [6, 6.07) is 18.2. The summed E-state index contributed by atoms with van der Waals surface area (Å²) in [7, 11) is 0. The van der Waals surface area contributed by atoms with Gasteiger partial charge < -0.3 is 10.3 Å². The molecule has 2 N–H and O–H groups in total. The summed E-state index contributed by atoms with van der Waals surface area (Å²) in [6.45, 7) is 0. The first kappa shape index (κ1) is 12.2. The third-order valence-corrected chi connectivity index (χ3v) is 4.11. The second-order valence-electron chi connectivity index (χ2n) is 5.58. The van der Waals surface area contributed by atoms with Gasteiger partial charge in [-0.2, -0.15) is 0 Å². The molecule has 21 heavy (non-hydrogen) atoms. The molecule has 2 aromatic carbocycles. The predicted molar refractivity (Wildman–Crippen MR) is 84.6 cm³/mol. The number of aromatic amines is 1. The number of anilines is 1. The van der Waals surface area contributed by atoms with Gasteiger partial charge in [-0.25, -0.2) is 0 Å². The molecule has 3 nitrogen and oxygen atoms in total. The summed E-state index contributed by atoms with van der Waals surface area (Å²) >= 11 is 0. The highest BCUT2D eigenvalue weighted by molar-refractivity contribution is 5.93. The molecule has 0 bridgehead atoms.